The van der Waals surface area contributed by atoms with Crippen LogP contribution < -0.4 is 16.8 Å². The molecule has 1 aliphatic heterocycles. The first-order valence-corrected chi connectivity index (χ1v) is 14.8. The molecule has 3 rings (SSSR count). The van der Waals surface area contributed by atoms with Crippen LogP contribution in [0.5, 0.6) is 0 Å². The number of alkyl halides is 4. The van der Waals surface area contributed by atoms with Gasteiger partial charge in [-0.3, -0.25) is 9.59 Å². The molecule has 2 aromatic rings. The molecular formula is C28H41Cl2F6N7O4. The van der Waals surface area contributed by atoms with E-state index in [-0.39, 0.29) is 55.8 Å². The van der Waals surface area contributed by atoms with Crippen molar-refractivity contribution in [3.63, 3.8) is 0 Å². The molecule has 0 fully saturated rings. The number of hydrogen-bond acceptors (Lipinski definition) is 7. The van der Waals surface area contributed by atoms with E-state index < -0.39 is 71.5 Å². The zero-order chi connectivity index (χ0) is 35.6. The summed E-state index contributed by atoms with van der Waals surface area (Å²) in [6.45, 7) is 8.32. The van der Waals surface area contributed by atoms with Gasteiger partial charge < -0.3 is 31.0 Å². The number of ether oxygens (including phenoxy) is 1. The van der Waals surface area contributed by atoms with Gasteiger partial charge in [0, 0.05) is 38.0 Å². The molecule has 0 aliphatic carbocycles. The van der Waals surface area contributed by atoms with Crippen LogP contribution in [0.4, 0.5) is 31.1 Å². The molecule has 0 bridgehead atoms. The van der Waals surface area contributed by atoms with E-state index in [1.807, 2.05) is 6.92 Å². The van der Waals surface area contributed by atoms with Crippen molar-refractivity contribution >= 4 is 41.9 Å². The van der Waals surface area contributed by atoms with Gasteiger partial charge in [-0.2, -0.15) is 13.2 Å². The van der Waals surface area contributed by atoms with Crippen molar-refractivity contribution in [1.29, 1.82) is 0 Å². The summed E-state index contributed by atoms with van der Waals surface area (Å²) < 4.78 is 86.0. The van der Waals surface area contributed by atoms with Crippen LogP contribution in [0, 0.1) is 23.4 Å². The number of halogens is 8. The van der Waals surface area contributed by atoms with Gasteiger partial charge in [-0.1, -0.05) is 20.3 Å². The van der Waals surface area contributed by atoms with Crippen LogP contribution in [0.15, 0.2) is 12.1 Å². The molecule has 3 atom stereocenters. The summed E-state index contributed by atoms with van der Waals surface area (Å²) in [6, 6.07) is -0.974. The Morgan fingerprint density at radius 1 is 1.04 bits per heavy atom. The Balaban J connectivity index is 0.00000168. The molecule has 11 nitrogen and oxygen atoms in total. The summed E-state index contributed by atoms with van der Waals surface area (Å²) in [5.74, 6) is -6.36. The molecule has 2 heterocycles. The molecule has 1 aliphatic rings. The third-order valence-electron chi connectivity index (χ3n) is 6.65. The predicted molar refractivity (Wildman–Crippen MR) is 164 cm³/mol. The van der Waals surface area contributed by atoms with E-state index in [1.165, 1.54) is 11.3 Å². The first-order valence-electron chi connectivity index (χ1n) is 14.1. The SMILES string of the molecule is CC(C)(C)OC(N)=O.CCC(C)C(N)C(=O)N[C@@H](CC(=O)N1CCn2c(nnc2C(F)(F)F)C1)Cc1cc(F)c(F)cc1F.CCl.Cl. The van der Waals surface area contributed by atoms with Crippen molar-refractivity contribution < 1.29 is 45.5 Å². The van der Waals surface area contributed by atoms with E-state index in [0.717, 1.165) is 4.57 Å². The molecule has 0 saturated heterocycles. The van der Waals surface area contributed by atoms with Gasteiger partial charge in [-0.25, -0.2) is 18.0 Å². The highest BCUT2D eigenvalue weighted by Gasteiger charge is 2.40. The molecule has 2 unspecified atom stereocenters. The Bertz CT molecular complexity index is 1340. The Morgan fingerprint density at radius 3 is 2.11 bits per heavy atom. The van der Waals surface area contributed by atoms with E-state index in [0.29, 0.717) is 18.6 Å². The fourth-order valence-corrected chi connectivity index (χ4v) is 4.19. The predicted octanol–water partition coefficient (Wildman–Crippen LogP) is 4.70. The Hall–Kier alpha value is -3.31. The number of nitrogens with two attached hydrogens (primary N) is 2. The highest BCUT2D eigenvalue weighted by atomic mass is 35.5. The molecule has 0 saturated carbocycles. The summed E-state index contributed by atoms with van der Waals surface area (Å²) in [6.07, 6.45) is -4.11. The van der Waals surface area contributed by atoms with E-state index in [2.05, 4.69) is 31.9 Å². The number of nitrogens with one attached hydrogen (secondary N) is 1. The third-order valence-corrected chi connectivity index (χ3v) is 6.65. The maximum Gasteiger partial charge on any atom is 0.451 e. The topological polar surface area (TPSA) is 158 Å². The summed E-state index contributed by atoms with van der Waals surface area (Å²) >= 11 is 4.64. The van der Waals surface area contributed by atoms with Gasteiger partial charge in [-0.15, -0.1) is 34.2 Å². The molecule has 1 aromatic heterocycles. The highest BCUT2D eigenvalue weighted by Crippen LogP contribution is 2.29. The lowest BCUT2D eigenvalue weighted by Crippen LogP contribution is -2.50. The number of carbonyl (C=O) groups excluding carboxylic acids is 3. The van der Waals surface area contributed by atoms with Crippen LogP contribution in [0.1, 0.15) is 64.7 Å². The van der Waals surface area contributed by atoms with Crippen molar-refractivity contribution in [2.75, 3.05) is 12.9 Å². The maximum atomic E-state index is 14.3. The van der Waals surface area contributed by atoms with Crippen molar-refractivity contribution in [2.45, 2.75) is 90.8 Å². The molecule has 47 heavy (non-hydrogen) atoms. The number of nitrogens with zero attached hydrogens (tertiary/aromatic N) is 4. The number of benzene rings is 1. The number of hydrogen-bond donors (Lipinski definition) is 3. The number of carbonyl (C=O) groups is 3. The van der Waals surface area contributed by atoms with Crippen LogP contribution in [0.2, 0.25) is 0 Å². The second kappa shape index (κ2) is 18.9. The van der Waals surface area contributed by atoms with Gasteiger partial charge in [0.05, 0.1) is 12.6 Å². The maximum absolute atomic E-state index is 14.3. The number of fused-ring (bicyclic) bond motifs is 1. The number of primary amides is 1. The summed E-state index contributed by atoms with van der Waals surface area (Å²) in [5, 5.41) is 9.26. The van der Waals surface area contributed by atoms with Gasteiger partial charge in [-0.05, 0) is 44.7 Å². The minimum Gasteiger partial charge on any atom is -0.444 e. The fourth-order valence-electron chi connectivity index (χ4n) is 4.19. The lowest BCUT2D eigenvalue weighted by Gasteiger charge is -2.30. The zero-order valence-electron chi connectivity index (χ0n) is 26.8. The van der Waals surface area contributed by atoms with Gasteiger partial charge in [0.1, 0.15) is 11.4 Å². The lowest BCUT2D eigenvalue weighted by atomic mass is 9.97. The lowest BCUT2D eigenvalue weighted by molar-refractivity contribution is -0.148. The smallest absolute Gasteiger partial charge is 0.444 e. The first-order chi connectivity index (χ1) is 21.2. The normalized spacial score (nSPS) is 14.5. The number of aromatic nitrogens is 3. The number of rotatable bonds is 8. The second-order valence-electron chi connectivity index (χ2n) is 11.3. The van der Waals surface area contributed by atoms with Crippen LogP contribution in [0.25, 0.3) is 0 Å². The molecule has 268 valence electrons. The Morgan fingerprint density at radius 2 is 1.62 bits per heavy atom. The van der Waals surface area contributed by atoms with Crippen LogP contribution in [-0.4, -0.2) is 68.2 Å². The van der Waals surface area contributed by atoms with E-state index in [4.69, 9.17) is 11.5 Å². The van der Waals surface area contributed by atoms with Crippen LogP contribution in [-0.2, 0) is 40.0 Å². The highest BCUT2D eigenvalue weighted by molar-refractivity contribution is 6.15. The summed E-state index contributed by atoms with van der Waals surface area (Å²) in [5.41, 5.74) is 9.95. The van der Waals surface area contributed by atoms with Gasteiger partial charge in [0.2, 0.25) is 17.6 Å². The molecule has 3 amide bonds. The standard InChI is InChI=1S/C22H26F6N6O2.C5H11NO2.CH3Cl.ClH/c1-3-11(2)19(29)20(36)30-13(6-12-7-15(24)16(25)9-14(12)23)8-18(35)33-4-5-34-17(10-33)31-32-21(34)22(26,27)28;1-5(2,3)8-4(6)7;1-2;/h7,9,11,13,19H,3-6,8,10,29H2,1-2H3,(H,30,36);1-3H3,(H2,6,7);1H3;1H/t11?,13-,19?;;;/m1.../s1. The minimum atomic E-state index is -4.70. The molecule has 19 heteroatoms. The molecular weight excluding hydrogens is 683 g/mol. The van der Waals surface area contributed by atoms with Crippen molar-refractivity contribution in [3.05, 3.63) is 46.8 Å². The first kappa shape index (κ1) is 43.7. The average molecular weight is 725 g/mol. The number of amides is 3. The Labute approximate surface area is 280 Å². The largest absolute Gasteiger partial charge is 0.451 e. The third kappa shape index (κ3) is 13.8. The monoisotopic (exact) mass is 723 g/mol. The van der Waals surface area contributed by atoms with Crippen molar-refractivity contribution in [2.24, 2.45) is 17.4 Å². The van der Waals surface area contributed by atoms with E-state index >= 15 is 0 Å². The zero-order valence-corrected chi connectivity index (χ0v) is 28.3. The van der Waals surface area contributed by atoms with Crippen molar-refractivity contribution in [1.82, 2.24) is 25.0 Å². The van der Waals surface area contributed by atoms with Crippen LogP contribution in [0.3, 0.4) is 0 Å². The van der Waals surface area contributed by atoms with Crippen LogP contribution >= 0.6 is 24.0 Å². The van der Waals surface area contributed by atoms with Crippen molar-refractivity contribution in [3.8, 4) is 0 Å². The quantitative estimate of drug-likeness (QED) is 0.202. The Kier molecular flexibility index (Phi) is 17.6. The second-order valence-corrected chi connectivity index (χ2v) is 11.3. The van der Waals surface area contributed by atoms with Gasteiger partial charge in [0.15, 0.2) is 17.5 Å². The minimum absolute atomic E-state index is 0. The molecule has 0 radical (unpaired) electrons. The molecule has 0 spiro atoms. The van der Waals surface area contributed by atoms with E-state index in [1.54, 1.807) is 27.7 Å². The summed E-state index contributed by atoms with van der Waals surface area (Å²) in [7, 11) is 0. The average Bonchev–Trinajstić information content (AvgIpc) is 3.39. The van der Waals surface area contributed by atoms with Gasteiger partial charge in [0.25, 0.3) is 0 Å². The fraction of sp³-hybridized carbons (Fsp3) is 0.607. The molecule has 1 aromatic carbocycles. The molecule has 5 N–H and O–H groups in total. The summed E-state index contributed by atoms with van der Waals surface area (Å²) in [4.78, 5) is 36.9. The van der Waals surface area contributed by atoms with E-state index in [9.17, 15) is 40.7 Å². The van der Waals surface area contributed by atoms with Gasteiger partial charge >= 0.3 is 12.3 Å².